The molecule has 0 fully saturated rings. The summed E-state index contributed by atoms with van der Waals surface area (Å²) in [5, 5.41) is 10.3. The number of anilines is 1. The van der Waals surface area contributed by atoms with Crippen molar-refractivity contribution in [1.82, 2.24) is 0 Å². The van der Waals surface area contributed by atoms with Gasteiger partial charge in [-0.05, 0) is 59.5 Å². The third-order valence-electron chi connectivity index (χ3n) is 5.24. The number of carbonyl (C=O) groups excluding carboxylic acids is 1. The van der Waals surface area contributed by atoms with Crippen LogP contribution in [0.2, 0.25) is 10.0 Å². The third-order valence-corrected chi connectivity index (χ3v) is 5.98. The summed E-state index contributed by atoms with van der Waals surface area (Å²) in [7, 11) is 0. The topological polar surface area (TPSA) is 57.6 Å². The first-order chi connectivity index (χ1) is 13.9. The van der Waals surface area contributed by atoms with Crippen molar-refractivity contribution >= 4 is 40.8 Å². The first-order valence-electron chi connectivity index (χ1n) is 9.08. The molecule has 4 rings (SSSR count). The molecule has 0 aliphatic carbocycles. The number of hydrogen-bond donors (Lipinski definition) is 1. The zero-order valence-corrected chi connectivity index (χ0v) is 17.0. The van der Waals surface area contributed by atoms with E-state index in [1.807, 2.05) is 30.3 Å². The van der Waals surface area contributed by atoms with Crippen LogP contribution in [0.1, 0.15) is 34.3 Å². The Morgan fingerprint density at radius 2 is 1.76 bits per heavy atom. The second-order valence-electron chi connectivity index (χ2n) is 7.01. The van der Waals surface area contributed by atoms with Crippen LogP contribution < -0.4 is 4.90 Å². The first kappa shape index (κ1) is 19.5. The lowest BCUT2D eigenvalue weighted by Gasteiger charge is -2.20. The highest BCUT2D eigenvalue weighted by atomic mass is 35.5. The predicted octanol–water partition coefficient (Wildman–Crippen LogP) is 6.01. The van der Waals surface area contributed by atoms with Crippen molar-refractivity contribution in [3.63, 3.8) is 0 Å². The van der Waals surface area contributed by atoms with Gasteiger partial charge in [0.1, 0.15) is 0 Å². The molecule has 0 aromatic heterocycles. The molecule has 1 heterocycles. The van der Waals surface area contributed by atoms with Crippen LogP contribution in [0, 0.1) is 0 Å². The molecule has 1 aliphatic rings. The Labute approximate surface area is 178 Å². The van der Waals surface area contributed by atoms with Gasteiger partial charge in [-0.1, -0.05) is 53.5 Å². The zero-order chi connectivity index (χ0) is 20.7. The van der Waals surface area contributed by atoms with Gasteiger partial charge in [0.15, 0.2) is 0 Å². The fraction of sp³-hybridized carbons (Fsp3) is 0.130. The van der Waals surface area contributed by atoms with E-state index in [-0.39, 0.29) is 5.91 Å². The molecule has 0 saturated heterocycles. The SMILES string of the molecule is CC(C(=O)O)c1ccc(N2Cc3ccccc3C2=O)cc1-c1ccc(Cl)c(Cl)c1. The van der Waals surface area contributed by atoms with Crippen molar-refractivity contribution in [2.24, 2.45) is 0 Å². The van der Waals surface area contributed by atoms with Crippen molar-refractivity contribution in [1.29, 1.82) is 0 Å². The van der Waals surface area contributed by atoms with Crippen LogP contribution in [-0.2, 0) is 11.3 Å². The van der Waals surface area contributed by atoms with E-state index in [1.165, 1.54) is 0 Å². The van der Waals surface area contributed by atoms with Crippen molar-refractivity contribution in [3.05, 3.63) is 87.4 Å². The zero-order valence-electron chi connectivity index (χ0n) is 15.5. The highest BCUT2D eigenvalue weighted by molar-refractivity contribution is 6.42. The van der Waals surface area contributed by atoms with E-state index >= 15 is 0 Å². The van der Waals surface area contributed by atoms with Crippen LogP contribution in [0.15, 0.2) is 60.7 Å². The molecule has 1 unspecified atom stereocenters. The summed E-state index contributed by atoms with van der Waals surface area (Å²) in [6, 6.07) is 18.1. The number of hydrogen-bond acceptors (Lipinski definition) is 2. The van der Waals surface area contributed by atoms with E-state index in [0.29, 0.717) is 39.0 Å². The maximum Gasteiger partial charge on any atom is 0.310 e. The number of benzene rings is 3. The second-order valence-corrected chi connectivity index (χ2v) is 7.82. The summed E-state index contributed by atoms with van der Waals surface area (Å²) in [5.74, 6) is -1.72. The van der Waals surface area contributed by atoms with Gasteiger partial charge in [0.2, 0.25) is 0 Å². The lowest BCUT2D eigenvalue weighted by atomic mass is 9.91. The highest BCUT2D eigenvalue weighted by Gasteiger charge is 2.29. The van der Waals surface area contributed by atoms with E-state index < -0.39 is 11.9 Å². The average Bonchev–Trinajstić information content (AvgIpc) is 3.06. The number of rotatable bonds is 4. The molecular formula is C23H17Cl2NO3. The lowest BCUT2D eigenvalue weighted by Crippen LogP contribution is -2.23. The number of carbonyl (C=O) groups is 2. The Kier molecular flexibility index (Phi) is 5.07. The Morgan fingerprint density at radius 3 is 2.45 bits per heavy atom. The first-order valence-corrected chi connectivity index (χ1v) is 9.84. The van der Waals surface area contributed by atoms with Crippen molar-refractivity contribution in [2.45, 2.75) is 19.4 Å². The largest absolute Gasteiger partial charge is 0.481 e. The van der Waals surface area contributed by atoms with E-state index in [9.17, 15) is 14.7 Å². The van der Waals surface area contributed by atoms with Crippen LogP contribution in [0.5, 0.6) is 0 Å². The van der Waals surface area contributed by atoms with Crippen molar-refractivity contribution < 1.29 is 14.7 Å². The number of nitrogens with zero attached hydrogens (tertiary/aromatic N) is 1. The monoisotopic (exact) mass is 425 g/mol. The molecule has 4 nitrogen and oxygen atoms in total. The number of amides is 1. The lowest BCUT2D eigenvalue weighted by molar-refractivity contribution is -0.138. The number of halogens is 2. The molecule has 6 heteroatoms. The van der Waals surface area contributed by atoms with Gasteiger partial charge in [0, 0.05) is 11.3 Å². The van der Waals surface area contributed by atoms with Gasteiger partial charge < -0.3 is 10.0 Å². The van der Waals surface area contributed by atoms with Crippen LogP contribution in [0.25, 0.3) is 11.1 Å². The minimum atomic E-state index is -0.927. The molecule has 1 aliphatic heterocycles. The Balaban J connectivity index is 1.83. The predicted molar refractivity (Wildman–Crippen MR) is 115 cm³/mol. The quantitative estimate of drug-likeness (QED) is 0.556. The minimum Gasteiger partial charge on any atom is -0.481 e. The molecule has 1 atom stereocenters. The molecule has 29 heavy (non-hydrogen) atoms. The summed E-state index contributed by atoms with van der Waals surface area (Å²) in [6.45, 7) is 2.11. The van der Waals surface area contributed by atoms with Gasteiger partial charge >= 0.3 is 5.97 Å². The van der Waals surface area contributed by atoms with Gasteiger partial charge in [-0.2, -0.15) is 0 Å². The Morgan fingerprint density at radius 1 is 1.00 bits per heavy atom. The van der Waals surface area contributed by atoms with Crippen LogP contribution >= 0.6 is 23.2 Å². The second kappa shape index (κ2) is 7.54. The van der Waals surface area contributed by atoms with Gasteiger partial charge in [-0.15, -0.1) is 0 Å². The molecule has 146 valence electrons. The molecule has 0 bridgehead atoms. The third kappa shape index (κ3) is 3.50. The fourth-order valence-corrected chi connectivity index (χ4v) is 3.90. The molecule has 0 radical (unpaired) electrons. The maximum absolute atomic E-state index is 12.9. The average molecular weight is 426 g/mol. The number of fused-ring (bicyclic) bond motifs is 1. The van der Waals surface area contributed by atoms with Crippen molar-refractivity contribution in [3.8, 4) is 11.1 Å². The standard InChI is InChI=1S/C23H17Cl2NO3/c1-13(23(28)29)17-8-7-16(11-19(17)14-6-9-20(24)21(25)10-14)26-12-15-4-2-3-5-18(15)22(26)27/h2-11,13H,12H2,1H3,(H,28,29). The Bertz CT molecular complexity index is 1140. The summed E-state index contributed by atoms with van der Waals surface area (Å²) in [5.41, 5.74) is 4.45. The molecule has 0 spiro atoms. The highest BCUT2D eigenvalue weighted by Crippen LogP contribution is 2.37. The van der Waals surface area contributed by atoms with Crippen LogP contribution in [0.3, 0.4) is 0 Å². The summed E-state index contributed by atoms with van der Waals surface area (Å²) in [6.07, 6.45) is 0. The molecule has 1 N–H and O–H groups in total. The van der Waals surface area contributed by atoms with Gasteiger partial charge in [0.05, 0.1) is 22.5 Å². The Hall–Kier alpha value is -2.82. The van der Waals surface area contributed by atoms with Gasteiger partial charge in [-0.3, -0.25) is 9.59 Å². The number of carboxylic acids is 1. The minimum absolute atomic E-state index is 0.0697. The molecule has 1 amide bonds. The smallest absolute Gasteiger partial charge is 0.310 e. The maximum atomic E-state index is 12.9. The fourth-order valence-electron chi connectivity index (χ4n) is 3.60. The van der Waals surface area contributed by atoms with E-state index in [0.717, 1.165) is 11.1 Å². The van der Waals surface area contributed by atoms with Gasteiger partial charge in [0.25, 0.3) is 5.91 Å². The molecule has 3 aromatic rings. The summed E-state index contributed by atoms with van der Waals surface area (Å²) in [4.78, 5) is 26.2. The normalized spacial score (nSPS) is 14.0. The molecule has 0 saturated carbocycles. The molecular weight excluding hydrogens is 409 g/mol. The number of carboxylic acid groups (broad SMARTS) is 1. The summed E-state index contributed by atoms with van der Waals surface area (Å²) >= 11 is 12.2. The van der Waals surface area contributed by atoms with Crippen LogP contribution in [0.4, 0.5) is 5.69 Å². The van der Waals surface area contributed by atoms with E-state index in [1.54, 1.807) is 42.2 Å². The number of aliphatic carboxylic acids is 1. The van der Waals surface area contributed by atoms with Crippen LogP contribution in [-0.4, -0.2) is 17.0 Å². The van der Waals surface area contributed by atoms with Crippen molar-refractivity contribution in [2.75, 3.05) is 4.90 Å². The van der Waals surface area contributed by atoms with E-state index in [4.69, 9.17) is 23.2 Å². The van der Waals surface area contributed by atoms with E-state index in [2.05, 4.69) is 0 Å². The molecule has 3 aromatic carbocycles. The summed E-state index contributed by atoms with van der Waals surface area (Å²) < 4.78 is 0. The van der Waals surface area contributed by atoms with Gasteiger partial charge in [-0.25, -0.2) is 0 Å².